The molecule has 0 rings (SSSR count). The van der Waals surface area contributed by atoms with Gasteiger partial charge in [-0.2, -0.15) is 0 Å². The molecule has 4 nitrogen and oxygen atoms in total. The number of carboxylic acids is 1. The van der Waals surface area contributed by atoms with Crippen LogP contribution in [0, 0.1) is 0 Å². The summed E-state index contributed by atoms with van der Waals surface area (Å²) in [5.74, 6) is -1.18. The fourth-order valence-electron chi connectivity index (χ4n) is 0.624. The molecule has 0 atom stereocenters. The van der Waals surface area contributed by atoms with Gasteiger partial charge >= 0.3 is 5.97 Å². The fourth-order valence-corrected chi connectivity index (χ4v) is 0.979. The summed E-state index contributed by atoms with van der Waals surface area (Å²) in [4.78, 5) is 22.3. The minimum absolute atomic E-state index is 0.175. The first-order chi connectivity index (χ1) is 5.11. The van der Waals surface area contributed by atoms with Crippen LogP contribution in [0.5, 0.6) is 0 Å². The van der Waals surface area contributed by atoms with Crippen molar-refractivity contribution in [2.75, 3.05) is 18.4 Å². The summed E-state index contributed by atoms with van der Waals surface area (Å²) in [5, 5.41) is 8.52. The highest BCUT2D eigenvalue weighted by Crippen LogP contribution is 1.92. The number of nitrogens with zero attached hydrogens (tertiary/aromatic N) is 1. The Hall–Kier alpha value is -0.580. The molecule has 0 spiro atoms. The molecule has 64 valence electrons. The van der Waals surface area contributed by atoms with Crippen LogP contribution in [0.3, 0.4) is 0 Å². The van der Waals surface area contributed by atoms with Gasteiger partial charge < -0.3 is 10.0 Å². The van der Waals surface area contributed by atoms with Crippen molar-refractivity contribution < 1.29 is 14.7 Å². The average Bonchev–Trinajstić information content (AvgIpc) is 1.98. The standard InChI is InChI=1S/C6H10BrNO3/c1-2-8(4-6(10)11)5(9)3-7/h2-4H2,1H3,(H,10,11). The lowest BCUT2D eigenvalue weighted by atomic mass is 10.4. The molecule has 0 aliphatic heterocycles. The van der Waals surface area contributed by atoms with Gasteiger partial charge in [-0.1, -0.05) is 15.9 Å². The second-order valence-electron chi connectivity index (χ2n) is 1.94. The number of halogens is 1. The number of carboxylic acid groups (broad SMARTS) is 1. The number of rotatable bonds is 4. The molecule has 1 N–H and O–H groups in total. The summed E-state index contributed by atoms with van der Waals surface area (Å²) in [6, 6.07) is 0. The Labute approximate surface area is 73.3 Å². The zero-order chi connectivity index (χ0) is 8.85. The van der Waals surface area contributed by atoms with Crippen molar-refractivity contribution >= 4 is 27.8 Å². The highest BCUT2D eigenvalue weighted by molar-refractivity contribution is 9.09. The maximum Gasteiger partial charge on any atom is 0.323 e. The molecule has 0 bridgehead atoms. The highest BCUT2D eigenvalue weighted by Gasteiger charge is 2.12. The van der Waals surface area contributed by atoms with E-state index in [-0.39, 0.29) is 17.8 Å². The van der Waals surface area contributed by atoms with Crippen LogP contribution in [0.4, 0.5) is 0 Å². The van der Waals surface area contributed by atoms with Crippen LogP contribution >= 0.6 is 15.9 Å². The summed E-state index contributed by atoms with van der Waals surface area (Å²) in [6.07, 6.45) is 0. The van der Waals surface area contributed by atoms with Gasteiger partial charge in [-0.15, -0.1) is 0 Å². The molecule has 11 heavy (non-hydrogen) atoms. The van der Waals surface area contributed by atoms with E-state index in [0.29, 0.717) is 6.54 Å². The number of hydrogen-bond donors (Lipinski definition) is 1. The van der Waals surface area contributed by atoms with E-state index in [1.807, 2.05) is 0 Å². The molecule has 0 radical (unpaired) electrons. The molecule has 0 unspecified atom stereocenters. The molecule has 0 fully saturated rings. The van der Waals surface area contributed by atoms with Crippen LogP contribution in [-0.4, -0.2) is 40.3 Å². The summed E-state index contributed by atoms with van der Waals surface area (Å²) in [6.45, 7) is 1.95. The van der Waals surface area contributed by atoms with E-state index in [9.17, 15) is 9.59 Å². The van der Waals surface area contributed by atoms with Crippen LogP contribution in [0.2, 0.25) is 0 Å². The third-order valence-electron chi connectivity index (χ3n) is 1.17. The van der Waals surface area contributed by atoms with E-state index in [1.165, 1.54) is 4.90 Å². The Bertz CT molecular complexity index is 160. The van der Waals surface area contributed by atoms with E-state index >= 15 is 0 Å². The smallest absolute Gasteiger partial charge is 0.323 e. The number of likely N-dealkylation sites (N-methyl/N-ethyl adjacent to an activating group) is 1. The number of carbonyl (C=O) groups is 2. The van der Waals surface area contributed by atoms with Crippen LogP contribution < -0.4 is 0 Å². The maximum absolute atomic E-state index is 10.9. The van der Waals surface area contributed by atoms with Gasteiger partial charge in [0.15, 0.2) is 0 Å². The van der Waals surface area contributed by atoms with Crippen LogP contribution in [0.15, 0.2) is 0 Å². The van der Waals surface area contributed by atoms with Crippen molar-refractivity contribution in [2.24, 2.45) is 0 Å². The van der Waals surface area contributed by atoms with Crippen molar-refractivity contribution in [3.8, 4) is 0 Å². The van der Waals surface area contributed by atoms with Gasteiger partial charge in [-0.3, -0.25) is 9.59 Å². The van der Waals surface area contributed by atoms with Crippen molar-refractivity contribution in [2.45, 2.75) is 6.92 Å². The molecule has 0 aliphatic rings. The average molecular weight is 224 g/mol. The molecule has 0 aromatic rings. The summed E-state index contributed by atoms with van der Waals surface area (Å²) in [7, 11) is 0. The summed E-state index contributed by atoms with van der Waals surface area (Å²) >= 11 is 2.96. The number of alkyl halides is 1. The summed E-state index contributed by atoms with van der Waals surface area (Å²) < 4.78 is 0. The Morgan fingerprint density at radius 1 is 1.55 bits per heavy atom. The van der Waals surface area contributed by atoms with E-state index in [1.54, 1.807) is 6.92 Å². The molecule has 0 saturated heterocycles. The third kappa shape index (κ3) is 3.98. The fraction of sp³-hybridized carbons (Fsp3) is 0.667. The van der Waals surface area contributed by atoms with Gasteiger partial charge in [-0.05, 0) is 6.92 Å². The molecule has 0 heterocycles. The van der Waals surface area contributed by atoms with Gasteiger partial charge in [0.2, 0.25) is 5.91 Å². The van der Waals surface area contributed by atoms with Crippen molar-refractivity contribution in [3.05, 3.63) is 0 Å². The molecule has 0 saturated carbocycles. The molecular formula is C6H10BrNO3. The lowest BCUT2D eigenvalue weighted by molar-refractivity contribution is -0.143. The second kappa shape index (κ2) is 5.12. The van der Waals surface area contributed by atoms with Crippen LogP contribution in [0.25, 0.3) is 0 Å². The van der Waals surface area contributed by atoms with Crippen molar-refractivity contribution in [1.29, 1.82) is 0 Å². The van der Waals surface area contributed by atoms with Gasteiger partial charge in [0.05, 0.1) is 5.33 Å². The molecule has 1 amide bonds. The third-order valence-corrected chi connectivity index (χ3v) is 1.65. The number of carbonyl (C=O) groups excluding carboxylic acids is 1. The Balaban J connectivity index is 3.94. The van der Waals surface area contributed by atoms with Gasteiger partial charge in [0.1, 0.15) is 6.54 Å². The van der Waals surface area contributed by atoms with E-state index < -0.39 is 5.97 Å². The molecule has 0 aliphatic carbocycles. The number of amides is 1. The topological polar surface area (TPSA) is 57.6 Å². The second-order valence-corrected chi connectivity index (χ2v) is 2.50. The first-order valence-electron chi connectivity index (χ1n) is 3.17. The van der Waals surface area contributed by atoms with E-state index in [4.69, 9.17) is 5.11 Å². The summed E-state index contributed by atoms with van der Waals surface area (Å²) in [5.41, 5.74) is 0. The van der Waals surface area contributed by atoms with Crippen molar-refractivity contribution in [1.82, 2.24) is 4.90 Å². The lowest BCUT2D eigenvalue weighted by Crippen LogP contribution is -2.36. The first-order valence-corrected chi connectivity index (χ1v) is 4.29. The maximum atomic E-state index is 10.9. The van der Waals surface area contributed by atoms with E-state index in [0.717, 1.165) is 0 Å². The quantitative estimate of drug-likeness (QED) is 0.699. The van der Waals surface area contributed by atoms with Crippen molar-refractivity contribution in [3.63, 3.8) is 0 Å². The van der Waals surface area contributed by atoms with Gasteiger partial charge in [-0.25, -0.2) is 0 Å². The van der Waals surface area contributed by atoms with Crippen LogP contribution in [-0.2, 0) is 9.59 Å². The highest BCUT2D eigenvalue weighted by atomic mass is 79.9. The molecule has 0 aromatic heterocycles. The minimum atomic E-state index is -0.985. The van der Waals surface area contributed by atoms with Gasteiger partial charge in [0, 0.05) is 6.54 Å². The SMILES string of the molecule is CCN(CC(=O)O)C(=O)CBr. The predicted octanol–water partition coefficient (Wildman–Crippen LogP) is 0.314. The van der Waals surface area contributed by atoms with E-state index in [2.05, 4.69) is 15.9 Å². The Morgan fingerprint density at radius 3 is 2.36 bits per heavy atom. The molecular weight excluding hydrogens is 214 g/mol. The first kappa shape index (κ1) is 10.4. The normalized spacial score (nSPS) is 9.27. The zero-order valence-electron chi connectivity index (χ0n) is 6.21. The van der Waals surface area contributed by atoms with Gasteiger partial charge in [0.25, 0.3) is 0 Å². The number of hydrogen-bond acceptors (Lipinski definition) is 2. The minimum Gasteiger partial charge on any atom is -0.480 e. The lowest BCUT2D eigenvalue weighted by Gasteiger charge is -2.16. The number of aliphatic carboxylic acids is 1. The molecule has 0 aromatic carbocycles. The zero-order valence-corrected chi connectivity index (χ0v) is 7.80. The predicted molar refractivity (Wildman–Crippen MR) is 43.7 cm³/mol. The van der Waals surface area contributed by atoms with Crippen LogP contribution in [0.1, 0.15) is 6.92 Å². The molecule has 5 heteroatoms. The Morgan fingerprint density at radius 2 is 2.09 bits per heavy atom. The Kier molecular flexibility index (Phi) is 4.85. The monoisotopic (exact) mass is 223 g/mol. The largest absolute Gasteiger partial charge is 0.480 e.